The molecule has 38 heavy (non-hydrogen) atoms. The fourth-order valence-corrected chi connectivity index (χ4v) is 8.42. The second-order valence-corrected chi connectivity index (χ2v) is 12.8. The average Bonchev–Trinajstić information content (AvgIpc) is 3.46. The first-order valence-corrected chi connectivity index (χ1v) is 15.0. The Bertz CT molecular complexity index is 1220. The van der Waals surface area contributed by atoms with Crippen LogP contribution in [-0.4, -0.2) is 71.3 Å². The third kappa shape index (κ3) is 4.03. The zero-order valence-corrected chi connectivity index (χ0v) is 23.3. The molecular formula is C30H39ClFN5O. The molecule has 7 rings (SSSR count). The molecule has 0 unspecified atom stereocenters. The number of benzene rings is 1. The molecule has 204 valence electrons. The van der Waals surface area contributed by atoms with Crippen LogP contribution in [-0.2, 0) is 24.9 Å². The van der Waals surface area contributed by atoms with Crippen LogP contribution in [0.3, 0.4) is 0 Å². The highest BCUT2D eigenvalue weighted by Gasteiger charge is 2.50. The SMILES string of the molecule is CN1Cc2c(nc(OC[C@@]34CCCN3C[C@H](F)C4)nc2N2CCCCCC2)C[C@]12CCc1c(Cl)cccc12. The Hall–Kier alpha value is -1.96. The summed E-state index contributed by atoms with van der Waals surface area (Å²) >= 11 is 6.64. The van der Waals surface area contributed by atoms with E-state index in [1.54, 1.807) is 0 Å². The van der Waals surface area contributed by atoms with Crippen LogP contribution >= 0.6 is 11.6 Å². The quantitative estimate of drug-likeness (QED) is 0.526. The molecule has 3 saturated heterocycles. The van der Waals surface area contributed by atoms with E-state index in [-0.39, 0.29) is 11.1 Å². The second-order valence-electron chi connectivity index (χ2n) is 12.4. The first-order chi connectivity index (χ1) is 18.5. The number of likely N-dealkylation sites (N-methyl/N-ethyl adjacent to an activating group) is 1. The number of alkyl halides is 1. The summed E-state index contributed by atoms with van der Waals surface area (Å²) in [6.45, 7) is 4.83. The summed E-state index contributed by atoms with van der Waals surface area (Å²) in [4.78, 5) is 17.5. The van der Waals surface area contributed by atoms with Gasteiger partial charge in [0.05, 0.1) is 16.8 Å². The molecule has 6 nitrogen and oxygen atoms in total. The van der Waals surface area contributed by atoms with Crippen molar-refractivity contribution in [3.05, 3.63) is 45.6 Å². The van der Waals surface area contributed by atoms with Crippen LogP contribution in [0, 0.1) is 0 Å². The van der Waals surface area contributed by atoms with Gasteiger partial charge in [-0.15, -0.1) is 0 Å². The van der Waals surface area contributed by atoms with Gasteiger partial charge in [0.2, 0.25) is 0 Å². The summed E-state index contributed by atoms with van der Waals surface area (Å²) < 4.78 is 20.8. The summed E-state index contributed by atoms with van der Waals surface area (Å²) in [6, 6.07) is 6.82. The maximum atomic E-state index is 14.4. The molecule has 8 heteroatoms. The Kier molecular flexibility index (Phi) is 6.32. The van der Waals surface area contributed by atoms with Crippen molar-refractivity contribution >= 4 is 17.4 Å². The summed E-state index contributed by atoms with van der Waals surface area (Å²) in [5.41, 5.74) is 4.66. The van der Waals surface area contributed by atoms with Crippen molar-refractivity contribution in [3.63, 3.8) is 0 Å². The van der Waals surface area contributed by atoms with Gasteiger partial charge in [-0.05, 0) is 69.3 Å². The zero-order chi connectivity index (χ0) is 25.9. The Morgan fingerprint density at radius 1 is 1.05 bits per heavy atom. The van der Waals surface area contributed by atoms with Crippen LogP contribution in [0.2, 0.25) is 5.02 Å². The lowest BCUT2D eigenvalue weighted by molar-refractivity contribution is 0.0896. The molecule has 0 radical (unpaired) electrons. The molecule has 1 aromatic carbocycles. The highest BCUT2D eigenvalue weighted by atomic mass is 35.5. The molecule has 1 aromatic heterocycles. The predicted octanol–water partition coefficient (Wildman–Crippen LogP) is 5.30. The van der Waals surface area contributed by atoms with E-state index in [0.717, 1.165) is 74.8 Å². The summed E-state index contributed by atoms with van der Waals surface area (Å²) in [5, 5.41) is 0.874. The van der Waals surface area contributed by atoms with Crippen LogP contribution in [0.15, 0.2) is 18.2 Å². The van der Waals surface area contributed by atoms with Gasteiger partial charge in [-0.25, -0.2) is 4.39 Å². The van der Waals surface area contributed by atoms with E-state index < -0.39 is 6.17 Å². The Balaban J connectivity index is 1.25. The molecule has 0 saturated carbocycles. The number of anilines is 1. The lowest BCUT2D eigenvalue weighted by Gasteiger charge is -2.45. The van der Waals surface area contributed by atoms with Crippen molar-refractivity contribution in [2.75, 3.05) is 44.7 Å². The Morgan fingerprint density at radius 3 is 2.74 bits per heavy atom. The number of hydrogen-bond acceptors (Lipinski definition) is 6. The van der Waals surface area contributed by atoms with Gasteiger partial charge in [-0.2, -0.15) is 9.97 Å². The fraction of sp³-hybridized carbons (Fsp3) is 0.667. The second kappa shape index (κ2) is 9.60. The molecule has 4 aliphatic heterocycles. The number of aromatic nitrogens is 2. The topological polar surface area (TPSA) is 44.7 Å². The van der Waals surface area contributed by atoms with Crippen LogP contribution in [0.1, 0.15) is 73.8 Å². The molecule has 2 aromatic rings. The van der Waals surface area contributed by atoms with Gasteiger partial charge in [0, 0.05) is 49.6 Å². The zero-order valence-electron chi connectivity index (χ0n) is 22.5. The number of rotatable bonds is 4. The van der Waals surface area contributed by atoms with E-state index >= 15 is 0 Å². The summed E-state index contributed by atoms with van der Waals surface area (Å²) in [7, 11) is 2.25. The highest BCUT2D eigenvalue weighted by Crippen LogP contribution is 2.49. The van der Waals surface area contributed by atoms with Crippen molar-refractivity contribution in [1.82, 2.24) is 19.8 Å². The van der Waals surface area contributed by atoms with Crippen molar-refractivity contribution in [2.45, 2.75) is 88.0 Å². The van der Waals surface area contributed by atoms with Crippen molar-refractivity contribution in [1.29, 1.82) is 0 Å². The molecule has 0 N–H and O–H groups in total. The largest absolute Gasteiger partial charge is 0.461 e. The lowest BCUT2D eigenvalue weighted by atomic mass is 9.81. The predicted molar refractivity (Wildman–Crippen MR) is 148 cm³/mol. The molecule has 3 atom stereocenters. The van der Waals surface area contributed by atoms with E-state index in [1.165, 1.54) is 42.4 Å². The third-order valence-electron chi connectivity index (χ3n) is 10.2. The summed E-state index contributed by atoms with van der Waals surface area (Å²) in [6.07, 6.45) is 9.68. The van der Waals surface area contributed by atoms with Crippen LogP contribution in [0.5, 0.6) is 6.01 Å². The maximum Gasteiger partial charge on any atom is 0.318 e. The van der Waals surface area contributed by atoms with Crippen LogP contribution in [0.25, 0.3) is 0 Å². The van der Waals surface area contributed by atoms with E-state index in [1.807, 2.05) is 6.07 Å². The number of hydrogen-bond donors (Lipinski definition) is 0. The number of ether oxygens (including phenoxy) is 1. The smallest absolute Gasteiger partial charge is 0.318 e. The highest BCUT2D eigenvalue weighted by molar-refractivity contribution is 6.31. The molecule has 1 spiro atoms. The van der Waals surface area contributed by atoms with E-state index in [0.29, 0.717) is 25.6 Å². The number of halogens is 2. The van der Waals surface area contributed by atoms with E-state index in [9.17, 15) is 4.39 Å². The molecule has 3 fully saturated rings. The fourth-order valence-electron chi connectivity index (χ4n) is 8.16. The van der Waals surface area contributed by atoms with Gasteiger partial charge in [-0.3, -0.25) is 9.80 Å². The standard InChI is InChI=1S/C30H39ClFN5O/c1-35-19-23-26(17-30(35)12-10-22-24(30)8-6-9-25(22)31)33-28(34-27(23)36-13-4-2-3-5-14-36)38-20-29-11-7-15-37(29)18-21(32)16-29/h6,8-9,21H,2-5,7,10-20H2,1H3/t21-,29+,30+/m1/s1. The minimum Gasteiger partial charge on any atom is -0.461 e. The first-order valence-electron chi connectivity index (χ1n) is 14.6. The Labute approximate surface area is 230 Å². The third-order valence-corrected chi connectivity index (χ3v) is 10.5. The molecule has 5 aliphatic rings. The van der Waals surface area contributed by atoms with Gasteiger partial charge < -0.3 is 9.64 Å². The average molecular weight is 540 g/mol. The molecule has 1 aliphatic carbocycles. The van der Waals surface area contributed by atoms with Crippen LogP contribution in [0.4, 0.5) is 10.2 Å². The van der Waals surface area contributed by atoms with Gasteiger partial charge in [0.15, 0.2) is 0 Å². The van der Waals surface area contributed by atoms with Crippen molar-refractivity contribution < 1.29 is 9.13 Å². The normalized spacial score (nSPS) is 31.3. The number of nitrogens with zero attached hydrogens (tertiary/aromatic N) is 5. The lowest BCUT2D eigenvalue weighted by Crippen LogP contribution is -2.48. The van der Waals surface area contributed by atoms with Crippen LogP contribution < -0.4 is 9.64 Å². The summed E-state index contributed by atoms with van der Waals surface area (Å²) in [5.74, 6) is 1.05. The van der Waals surface area contributed by atoms with E-state index in [4.69, 9.17) is 26.3 Å². The molecule has 0 amide bonds. The monoisotopic (exact) mass is 539 g/mol. The van der Waals surface area contributed by atoms with Gasteiger partial charge in [0.25, 0.3) is 0 Å². The van der Waals surface area contributed by atoms with Gasteiger partial charge in [0.1, 0.15) is 18.6 Å². The minimum absolute atomic E-state index is 0.108. The van der Waals surface area contributed by atoms with Crippen molar-refractivity contribution in [2.24, 2.45) is 0 Å². The van der Waals surface area contributed by atoms with Gasteiger partial charge in [-0.1, -0.05) is 36.6 Å². The molecular weight excluding hydrogens is 501 g/mol. The first kappa shape index (κ1) is 25.0. The van der Waals surface area contributed by atoms with Crippen molar-refractivity contribution in [3.8, 4) is 6.01 Å². The maximum absolute atomic E-state index is 14.4. The van der Waals surface area contributed by atoms with Gasteiger partial charge >= 0.3 is 6.01 Å². The van der Waals surface area contributed by atoms with E-state index in [2.05, 4.69) is 33.9 Å². The molecule has 0 bridgehead atoms. The number of fused-ring (bicyclic) bond motifs is 4. The minimum atomic E-state index is -0.763. The Morgan fingerprint density at radius 2 is 1.89 bits per heavy atom. The molecule has 5 heterocycles.